The van der Waals surface area contributed by atoms with E-state index in [0.29, 0.717) is 6.54 Å². The molecule has 1 aromatic heterocycles. The maximum atomic E-state index is 13.8. The lowest BCUT2D eigenvalue weighted by Gasteiger charge is -2.25. The fraction of sp³-hybridized carbons (Fsp3) is 0.353. The summed E-state index contributed by atoms with van der Waals surface area (Å²) in [6.07, 6.45) is 2.00. The van der Waals surface area contributed by atoms with Gasteiger partial charge in [0.15, 0.2) is 0 Å². The predicted molar refractivity (Wildman–Crippen MR) is 86.2 cm³/mol. The summed E-state index contributed by atoms with van der Waals surface area (Å²) in [5.74, 6) is -1.27. The van der Waals surface area contributed by atoms with Crippen LogP contribution in [-0.4, -0.2) is 17.0 Å². The van der Waals surface area contributed by atoms with Crippen molar-refractivity contribution in [3.05, 3.63) is 57.8 Å². The lowest BCUT2D eigenvalue weighted by Crippen LogP contribution is -2.42. The summed E-state index contributed by atoms with van der Waals surface area (Å²) in [6.45, 7) is 2.26. The Morgan fingerprint density at radius 2 is 2.17 bits per heavy atom. The molecule has 1 aliphatic carbocycles. The molecular formula is C17H18F2N2OS. The number of halogens is 2. The molecule has 0 aliphatic heterocycles. The van der Waals surface area contributed by atoms with Crippen molar-refractivity contribution in [3.8, 4) is 0 Å². The highest BCUT2D eigenvalue weighted by Gasteiger charge is 2.33. The third-order valence-electron chi connectivity index (χ3n) is 3.92. The zero-order valence-corrected chi connectivity index (χ0v) is 13.6. The van der Waals surface area contributed by atoms with Crippen molar-refractivity contribution in [2.75, 3.05) is 0 Å². The van der Waals surface area contributed by atoms with Gasteiger partial charge in [-0.1, -0.05) is 12.1 Å². The molecule has 3 nitrogen and oxygen atoms in total. The number of nitrogens with zero attached hydrogens (tertiary/aromatic N) is 1. The number of benzene rings is 1. The number of urea groups is 1. The number of nitrogens with one attached hydrogen (secondary N) is 1. The molecule has 1 saturated carbocycles. The minimum Gasteiger partial charge on any atom is -0.331 e. The van der Waals surface area contributed by atoms with E-state index < -0.39 is 17.7 Å². The molecule has 6 heteroatoms. The summed E-state index contributed by atoms with van der Waals surface area (Å²) in [5.41, 5.74) is 0.284. The first-order valence-corrected chi connectivity index (χ1v) is 8.47. The first-order valence-electron chi connectivity index (χ1n) is 7.59. The van der Waals surface area contributed by atoms with Crippen LogP contribution in [0.1, 0.15) is 36.2 Å². The van der Waals surface area contributed by atoms with Crippen LogP contribution < -0.4 is 5.32 Å². The Hall–Kier alpha value is -1.95. The molecular weight excluding hydrogens is 318 g/mol. The van der Waals surface area contributed by atoms with Crippen LogP contribution in [0.5, 0.6) is 0 Å². The lowest BCUT2D eigenvalue weighted by atomic mass is 10.1. The molecule has 1 unspecified atom stereocenters. The Kier molecular flexibility index (Phi) is 4.61. The standard InChI is InChI=1S/C17H18F2N2OS/c1-11(15-7-4-12(18)9-16(15)19)20-17(22)21(13-5-6-13)10-14-3-2-8-23-14/h2-4,7-9,11,13H,5-6,10H2,1H3,(H,20,22). The minimum atomic E-state index is -0.644. The second-order valence-corrected chi connectivity index (χ2v) is 6.81. The van der Waals surface area contributed by atoms with Gasteiger partial charge in [-0.05, 0) is 37.3 Å². The van der Waals surface area contributed by atoms with Crippen molar-refractivity contribution in [3.63, 3.8) is 0 Å². The number of hydrogen-bond acceptors (Lipinski definition) is 2. The highest BCUT2D eigenvalue weighted by Crippen LogP contribution is 2.30. The summed E-state index contributed by atoms with van der Waals surface area (Å²) in [5, 5.41) is 4.80. The van der Waals surface area contributed by atoms with Crippen molar-refractivity contribution >= 4 is 17.4 Å². The van der Waals surface area contributed by atoms with E-state index in [-0.39, 0.29) is 17.6 Å². The lowest BCUT2D eigenvalue weighted by molar-refractivity contribution is 0.189. The summed E-state index contributed by atoms with van der Waals surface area (Å²) >= 11 is 1.61. The van der Waals surface area contributed by atoms with E-state index >= 15 is 0 Å². The average molecular weight is 336 g/mol. The van der Waals surface area contributed by atoms with E-state index in [1.165, 1.54) is 12.1 Å². The smallest absolute Gasteiger partial charge is 0.318 e. The van der Waals surface area contributed by atoms with Crippen LogP contribution in [0.4, 0.5) is 13.6 Å². The molecule has 0 saturated heterocycles. The Morgan fingerprint density at radius 1 is 1.39 bits per heavy atom. The SMILES string of the molecule is CC(NC(=O)N(Cc1cccs1)C1CC1)c1ccc(F)cc1F. The summed E-state index contributed by atoms with van der Waals surface area (Å²) in [4.78, 5) is 15.4. The van der Waals surface area contributed by atoms with Gasteiger partial charge in [0.1, 0.15) is 11.6 Å². The van der Waals surface area contributed by atoms with E-state index in [1.807, 2.05) is 17.5 Å². The monoisotopic (exact) mass is 336 g/mol. The number of carbonyl (C=O) groups excluding carboxylic acids is 1. The molecule has 0 spiro atoms. The van der Waals surface area contributed by atoms with Crippen molar-refractivity contribution in [1.29, 1.82) is 0 Å². The molecule has 1 atom stereocenters. The van der Waals surface area contributed by atoms with Gasteiger partial charge in [-0.2, -0.15) is 0 Å². The number of rotatable bonds is 5. The molecule has 23 heavy (non-hydrogen) atoms. The first-order chi connectivity index (χ1) is 11.0. The maximum Gasteiger partial charge on any atom is 0.318 e. The quantitative estimate of drug-likeness (QED) is 0.859. The van der Waals surface area contributed by atoms with E-state index in [1.54, 1.807) is 23.2 Å². The van der Waals surface area contributed by atoms with Crippen LogP contribution in [0.15, 0.2) is 35.7 Å². The van der Waals surface area contributed by atoms with Gasteiger partial charge in [-0.15, -0.1) is 11.3 Å². The van der Waals surface area contributed by atoms with E-state index in [2.05, 4.69) is 5.32 Å². The van der Waals surface area contributed by atoms with E-state index in [9.17, 15) is 13.6 Å². The van der Waals surface area contributed by atoms with Gasteiger partial charge < -0.3 is 10.2 Å². The van der Waals surface area contributed by atoms with Gasteiger partial charge in [0.25, 0.3) is 0 Å². The second-order valence-electron chi connectivity index (χ2n) is 5.78. The number of carbonyl (C=O) groups is 1. The first kappa shape index (κ1) is 15.9. The minimum absolute atomic E-state index is 0.211. The van der Waals surface area contributed by atoms with Crippen molar-refractivity contribution < 1.29 is 13.6 Å². The predicted octanol–water partition coefficient (Wildman–Crippen LogP) is 4.46. The van der Waals surface area contributed by atoms with Crippen LogP contribution in [-0.2, 0) is 6.54 Å². The van der Waals surface area contributed by atoms with Crippen LogP contribution in [0, 0.1) is 11.6 Å². The third-order valence-corrected chi connectivity index (χ3v) is 4.78. The molecule has 3 rings (SSSR count). The highest BCUT2D eigenvalue weighted by molar-refractivity contribution is 7.09. The summed E-state index contributed by atoms with van der Waals surface area (Å²) in [7, 11) is 0. The largest absolute Gasteiger partial charge is 0.331 e. The second kappa shape index (κ2) is 6.66. The molecule has 1 aromatic carbocycles. The number of amides is 2. The fourth-order valence-corrected chi connectivity index (χ4v) is 3.22. The maximum absolute atomic E-state index is 13.8. The normalized spacial score (nSPS) is 15.3. The zero-order valence-electron chi connectivity index (χ0n) is 12.8. The highest BCUT2D eigenvalue weighted by atomic mass is 32.1. The molecule has 1 fully saturated rings. The Bertz CT molecular complexity index is 686. The third kappa shape index (κ3) is 3.88. The number of thiophene rings is 1. The Labute approximate surface area is 137 Å². The van der Waals surface area contributed by atoms with E-state index in [0.717, 1.165) is 23.8 Å². The van der Waals surface area contributed by atoms with Gasteiger partial charge in [0.2, 0.25) is 0 Å². The molecule has 2 aromatic rings. The van der Waals surface area contributed by atoms with Crippen LogP contribution in [0.2, 0.25) is 0 Å². The number of hydrogen-bond donors (Lipinski definition) is 1. The van der Waals surface area contributed by atoms with Gasteiger partial charge in [-0.25, -0.2) is 13.6 Å². The molecule has 1 heterocycles. The van der Waals surface area contributed by atoms with Gasteiger partial charge in [-0.3, -0.25) is 0 Å². The molecule has 1 aliphatic rings. The fourth-order valence-electron chi connectivity index (χ4n) is 2.52. The molecule has 0 radical (unpaired) electrons. The van der Waals surface area contributed by atoms with Crippen molar-refractivity contribution in [2.45, 2.75) is 38.4 Å². The van der Waals surface area contributed by atoms with Gasteiger partial charge >= 0.3 is 6.03 Å². The summed E-state index contributed by atoms with van der Waals surface area (Å²) in [6, 6.07) is 6.88. The summed E-state index contributed by atoms with van der Waals surface area (Å²) < 4.78 is 26.8. The van der Waals surface area contributed by atoms with Crippen molar-refractivity contribution in [1.82, 2.24) is 10.2 Å². The van der Waals surface area contributed by atoms with Crippen LogP contribution in [0.25, 0.3) is 0 Å². The Balaban J connectivity index is 1.68. The van der Waals surface area contributed by atoms with Crippen LogP contribution >= 0.6 is 11.3 Å². The van der Waals surface area contributed by atoms with Gasteiger partial charge in [0.05, 0.1) is 12.6 Å². The molecule has 1 N–H and O–H groups in total. The molecule has 122 valence electrons. The van der Waals surface area contributed by atoms with Gasteiger partial charge in [0, 0.05) is 22.5 Å². The topological polar surface area (TPSA) is 32.3 Å². The van der Waals surface area contributed by atoms with Crippen molar-refractivity contribution in [2.24, 2.45) is 0 Å². The van der Waals surface area contributed by atoms with E-state index in [4.69, 9.17) is 0 Å². The Morgan fingerprint density at radius 3 is 2.78 bits per heavy atom. The molecule has 2 amide bonds. The zero-order chi connectivity index (χ0) is 16.4. The molecule has 0 bridgehead atoms. The van der Waals surface area contributed by atoms with Crippen LogP contribution in [0.3, 0.4) is 0 Å². The average Bonchev–Trinajstić information content (AvgIpc) is 3.20.